The van der Waals surface area contributed by atoms with Crippen LogP contribution in [0.4, 0.5) is 10.7 Å². The molecule has 0 bridgehead atoms. The van der Waals surface area contributed by atoms with Gasteiger partial charge in [-0.15, -0.1) is 0 Å². The lowest BCUT2D eigenvalue weighted by Crippen LogP contribution is -2.36. The van der Waals surface area contributed by atoms with Gasteiger partial charge in [0.05, 0.1) is 13.2 Å². The molecule has 1 aromatic rings. The summed E-state index contributed by atoms with van der Waals surface area (Å²) in [6, 6.07) is 3.01. The Morgan fingerprint density at radius 3 is 2.94 bits per heavy atom. The van der Waals surface area contributed by atoms with Crippen LogP contribution in [0, 0.1) is 0 Å². The van der Waals surface area contributed by atoms with Gasteiger partial charge in [0, 0.05) is 19.2 Å². The molecule has 1 saturated heterocycles. The minimum Gasteiger partial charge on any atom is -0.475 e. The topological polar surface area (TPSA) is 92.0 Å². The van der Waals surface area contributed by atoms with Crippen LogP contribution < -0.4 is 10.2 Å². The van der Waals surface area contributed by atoms with Gasteiger partial charge in [0.25, 0.3) is 0 Å². The molecule has 7 nitrogen and oxygen atoms in total. The molecule has 7 heteroatoms. The van der Waals surface area contributed by atoms with Gasteiger partial charge >= 0.3 is 12.1 Å². The van der Waals surface area contributed by atoms with Crippen molar-refractivity contribution < 1.29 is 23.8 Å². The van der Waals surface area contributed by atoms with Crippen molar-refractivity contribution in [1.29, 1.82) is 0 Å². The first kappa shape index (κ1) is 12.3. The Morgan fingerprint density at radius 2 is 2.33 bits per heavy atom. The predicted octanol–water partition coefficient (Wildman–Crippen LogP) is 0.913. The molecule has 0 aromatic carbocycles. The summed E-state index contributed by atoms with van der Waals surface area (Å²) < 4.78 is 9.71. The zero-order valence-electron chi connectivity index (χ0n) is 9.88. The van der Waals surface area contributed by atoms with Crippen molar-refractivity contribution in [1.82, 2.24) is 5.32 Å². The molecule has 98 valence electrons. The van der Waals surface area contributed by atoms with Crippen LogP contribution in [0.2, 0.25) is 0 Å². The second-order valence-electron chi connectivity index (χ2n) is 4.01. The first-order valence-corrected chi connectivity index (χ1v) is 5.52. The standard InChI is InChI=1S/C11H14N2O5/c1-17-11(16)12-7-4-5-13(6-7)9-3-2-8(18-9)10(14)15/h2-3,7H,4-6H2,1H3,(H,12,16)(H,14,15). The SMILES string of the molecule is COC(=O)NC1CCN(c2ccc(C(=O)O)o2)C1. The summed E-state index contributed by atoms with van der Waals surface area (Å²) in [6.07, 6.45) is 0.297. The van der Waals surface area contributed by atoms with Crippen LogP contribution in [0.15, 0.2) is 16.5 Å². The van der Waals surface area contributed by atoms with E-state index in [1.807, 2.05) is 4.90 Å². The summed E-state index contributed by atoms with van der Waals surface area (Å²) in [5.41, 5.74) is 0. The molecule has 0 saturated carbocycles. The monoisotopic (exact) mass is 254 g/mol. The molecule has 1 atom stereocenters. The number of carbonyl (C=O) groups is 2. The largest absolute Gasteiger partial charge is 0.475 e. The summed E-state index contributed by atoms with van der Waals surface area (Å²) in [5.74, 6) is -0.680. The maximum Gasteiger partial charge on any atom is 0.407 e. The Labute approximate surface area is 103 Å². The maximum atomic E-state index is 11.1. The zero-order chi connectivity index (χ0) is 13.1. The molecule has 1 aromatic heterocycles. The van der Waals surface area contributed by atoms with Crippen molar-refractivity contribution in [2.45, 2.75) is 12.5 Å². The third-order valence-electron chi connectivity index (χ3n) is 2.81. The average Bonchev–Trinajstić information content (AvgIpc) is 2.96. The molecule has 2 heterocycles. The van der Waals surface area contributed by atoms with Gasteiger partial charge in [0.1, 0.15) is 0 Å². The van der Waals surface area contributed by atoms with Crippen LogP contribution in [-0.2, 0) is 4.74 Å². The Kier molecular flexibility index (Phi) is 3.40. The molecule has 2 rings (SSSR count). The number of nitrogens with one attached hydrogen (secondary N) is 1. The number of carbonyl (C=O) groups excluding carboxylic acids is 1. The number of nitrogens with zero attached hydrogens (tertiary/aromatic N) is 1. The van der Waals surface area contributed by atoms with Crippen LogP contribution in [0.1, 0.15) is 17.0 Å². The van der Waals surface area contributed by atoms with Crippen LogP contribution in [0.3, 0.4) is 0 Å². The molecule has 1 unspecified atom stereocenters. The molecular weight excluding hydrogens is 240 g/mol. The second-order valence-corrected chi connectivity index (χ2v) is 4.01. The fourth-order valence-electron chi connectivity index (χ4n) is 1.92. The van der Waals surface area contributed by atoms with E-state index in [9.17, 15) is 9.59 Å². The number of hydrogen-bond acceptors (Lipinski definition) is 5. The lowest BCUT2D eigenvalue weighted by Gasteiger charge is -2.15. The molecule has 1 fully saturated rings. The summed E-state index contributed by atoms with van der Waals surface area (Å²) >= 11 is 0. The molecular formula is C11H14N2O5. The molecule has 0 aliphatic carbocycles. The fraction of sp³-hybridized carbons (Fsp3) is 0.455. The zero-order valence-corrected chi connectivity index (χ0v) is 9.88. The fourth-order valence-corrected chi connectivity index (χ4v) is 1.92. The summed E-state index contributed by atoms with van der Waals surface area (Å²) in [5, 5.41) is 11.5. The van der Waals surface area contributed by atoms with Gasteiger partial charge in [-0.2, -0.15) is 0 Å². The quantitative estimate of drug-likeness (QED) is 0.833. The summed E-state index contributed by atoms with van der Waals surface area (Å²) in [6.45, 7) is 1.27. The van der Waals surface area contributed by atoms with Crippen molar-refractivity contribution >= 4 is 17.9 Å². The van der Waals surface area contributed by atoms with Gasteiger partial charge in [-0.25, -0.2) is 9.59 Å². The van der Waals surface area contributed by atoms with E-state index in [0.717, 1.165) is 6.42 Å². The van der Waals surface area contributed by atoms with E-state index in [1.165, 1.54) is 13.2 Å². The highest BCUT2D eigenvalue weighted by Crippen LogP contribution is 2.23. The van der Waals surface area contributed by atoms with E-state index in [2.05, 4.69) is 10.1 Å². The Balaban J connectivity index is 1.95. The molecule has 2 N–H and O–H groups in total. The van der Waals surface area contributed by atoms with Gasteiger partial charge in [0.15, 0.2) is 5.88 Å². The molecule has 0 radical (unpaired) electrons. The molecule has 1 aliphatic rings. The number of hydrogen-bond donors (Lipinski definition) is 2. The number of carboxylic acids is 1. The Hall–Kier alpha value is -2.18. The number of carboxylic acid groups (broad SMARTS) is 1. The molecule has 1 aliphatic heterocycles. The average molecular weight is 254 g/mol. The maximum absolute atomic E-state index is 11.1. The van der Waals surface area contributed by atoms with E-state index in [1.54, 1.807) is 6.07 Å². The van der Waals surface area contributed by atoms with Crippen molar-refractivity contribution in [3.8, 4) is 0 Å². The van der Waals surface area contributed by atoms with Crippen molar-refractivity contribution in [2.24, 2.45) is 0 Å². The van der Waals surface area contributed by atoms with Crippen LogP contribution >= 0.6 is 0 Å². The van der Waals surface area contributed by atoms with Gasteiger partial charge in [-0.3, -0.25) is 0 Å². The number of anilines is 1. The third-order valence-corrected chi connectivity index (χ3v) is 2.81. The van der Waals surface area contributed by atoms with Crippen molar-refractivity contribution in [3.05, 3.63) is 17.9 Å². The lowest BCUT2D eigenvalue weighted by molar-refractivity contribution is 0.0663. The van der Waals surface area contributed by atoms with Crippen molar-refractivity contribution in [3.63, 3.8) is 0 Å². The molecule has 0 spiro atoms. The molecule has 18 heavy (non-hydrogen) atoms. The van der Waals surface area contributed by atoms with Gasteiger partial charge in [-0.05, 0) is 12.5 Å². The van der Waals surface area contributed by atoms with Gasteiger partial charge in [-0.1, -0.05) is 0 Å². The smallest absolute Gasteiger partial charge is 0.407 e. The lowest BCUT2D eigenvalue weighted by atomic mass is 10.3. The number of ether oxygens (including phenoxy) is 1. The number of rotatable bonds is 3. The van der Waals surface area contributed by atoms with E-state index < -0.39 is 12.1 Å². The van der Waals surface area contributed by atoms with Gasteiger partial charge in [0.2, 0.25) is 5.76 Å². The van der Waals surface area contributed by atoms with E-state index >= 15 is 0 Å². The van der Waals surface area contributed by atoms with E-state index in [0.29, 0.717) is 19.0 Å². The number of methoxy groups -OCH3 is 1. The highest BCUT2D eigenvalue weighted by atomic mass is 16.5. The van der Waals surface area contributed by atoms with E-state index in [4.69, 9.17) is 9.52 Å². The highest BCUT2D eigenvalue weighted by Gasteiger charge is 2.26. The van der Waals surface area contributed by atoms with Gasteiger partial charge < -0.3 is 24.5 Å². The minimum atomic E-state index is -1.09. The second kappa shape index (κ2) is 4.99. The van der Waals surface area contributed by atoms with E-state index in [-0.39, 0.29) is 11.8 Å². The van der Waals surface area contributed by atoms with Crippen LogP contribution in [0.5, 0.6) is 0 Å². The summed E-state index contributed by atoms with van der Waals surface area (Å²) in [7, 11) is 1.31. The highest BCUT2D eigenvalue weighted by molar-refractivity contribution is 5.84. The number of aromatic carboxylic acids is 1. The number of amides is 1. The Morgan fingerprint density at radius 1 is 1.56 bits per heavy atom. The van der Waals surface area contributed by atoms with Crippen LogP contribution in [0.25, 0.3) is 0 Å². The first-order valence-electron chi connectivity index (χ1n) is 5.52. The number of alkyl carbamates (subject to hydrolysis) is 1. The van der Waals surface area contributed by atoms with Crippen LogP contribution in [-0.4, -0.2) is 43.4 Å². The summed E-state index contributed by atoms with van der Waals surface area (Å²) in [4.78, 5) is 23.6. The first-order chi connectivity index (χ1) is 8.60. The molecule has 1 amide bonds. The number of furan rings is 1. The normalized spacial score (nSPS) is 18.7. The van der Waals surface area contributed by atoms with Crippen molar-refractivity contribution in [2.75, 3.05) is 25.1 Å². The third kappa shape index (κ3) is 2.55. The predicted molar refractivity (Wildman–Crippen MR) is 61.8 cm³/mol. The Bertz CT molecular complexity index is 456. The minimum absolute atomic E-state index is 0.0178.